The van der Waals surface area contributed by atoms with Crippen molar-refractivity contribution in [2.75, 3.05) is 13.2 Å². The van der Waals surface area contributed by atoms with E-state index in [0.717, 1.165) is 25.9 Å². The van der Waals surface area contributed by atoms with Gasteiger partial charge in [0.1, 0.15) is 0 Å². The van der Waals surface area contributed by atoms with Gasteiger partial charge in [0.2, 0.25) is 5.91 Å². The first-order chi connectivity index (χ1) is 8.18. The SMILES string of the molecule is O=C(O)[C@H]1C[C@H]1C(=O)NCCC1CCCCO1. The van der Waals surface area contributed by atoms with Crippen LogP contribution in [0.2, 0.25) is 0 Å². The Hall–Kier alpha value is -1.10. The highest BCUT2D eigenvalue weighted by Crippen LogP contribution is 2.38. The van der Waals surface area contributed by atoms with Gasteiger partial charge in [-0.3, -0.25) is 9.59 Å². The molecule has 1 aliphatic heterocycles. The zero-order valence-corrected chi connectivity index (χ0v) is 9.85. The highest BCUT2D eigenvalue weighted by molar-refractivity contribution is 5.89. The number of carboxylic acids is 1. The Balaban J connectivity index is 1.59. The summed E-state index contributed by atoms with van der Waals surface area (Å²) >= 11 is 0. The number of aliphatic carboxylic acids is 1. The van der Waals surface area contributed by atoms with Crippen molar-refractivity contribution in [3.05, 3.63) is 0 Å². The summed E-state index contributed by atoms with van der Waals surface area (Å²) in [7, 11) is 0. The minimum absolute atomic E-state index is 0.117. The van der Waals surface area contributed by atoms with Gasteiger partial charge in [-0.15, -0.1) is 0 Å². The first-order valence-corrected chi connectivity index (χ1v) is 6.30. The zero-order valence-electron chi connectivity index (χ0n) is 9.85. The van der Waals surface area contributed by atoms with E-state index in [9.17, 15) is 9.59 Å². The molecule has 96 valence electrons. The van der Waals surface area contributed by atoms with E-state index in [0.29, 0.717) is 13.0 Å². The number of carbonyl (C=O) groups is 2. The minimum atomic E-state index is -0.860. The second-order valence-corrected chi connectivity index (χ2v) is 4.86. The molecule has 1 unspecified atom stereocenters. The molecule has 1 heterocycles. The molecule has 3 atom stereocenters. The van der Waals surface area contributed by atoms with Crippen molar-refractivity contribution in [2.45, 2.75) is 38.2 Å². The summed E-state index contributed by atoms with van der Waals surface area (Å²) in [5.41, 5.74) is 0. The number of nitrogens with one attached hydrogen (secondary N) is 1. The Morgan fingerprint density at radius 3 is 2.71 bits per heavy atom. The lowest BCUT2D eigenvalue weighted by atomic mass is 10.1. The molecular weight excluding hydrogens is 222 g/mol. The van der Waals surface area contributed by atoms with Gasteiger partial charge in [-0.1, -0.05) is 0 Å². The first-order valence-electron chi connectivity index (χ1n) is 6.30. The molecular formula is C12H19NO4. The van der Waals surface area contributed by atoms with Crippen LogP contribution in [0.5, 0.6) is 0 Å². The molecule has 0 aromatic rings. The lowest BCUT2D eigenvalue weighted by molar-refractivity contribution is -0.140. The maximum atomic E-state index is 11.5. The van der Waals surface area contributed by atoms with Crippen LogP contribution < -0.4 is 5.32 Å². The summed E-state index contributed by atoms with van der Waals surface area (Å²) < 4.78 is 5.55. The molecule has 2 N–H and O–H groups in total. The van der Waals surface area contributed by atoms with Gasteiger partial charge in [-0.2, -0.15) is 0 Å². The van der Waals surface area contributed by atoms with Gasteiger partial charge in [-0.25, -0.2) is 0 Å². The Labute approximate surface area is 101 Å². The van der Waals surface area contributed by atoms with Crippen molar-refractivity contribution >= 4 is 11.9 Å². The van der Waals surface area contributed by atoms with Gasteiger partial charge in [-0.05, 0) is 32.1 Å². The lowest BCUT2D eigenvalue weighted by Crippen LogP contribution is -2.31. The Kier molecular flexibility index (Phi) is 3.99. The average Bonchev–Trinajstić information content (AvgIpc) is 3.10. The van der Waals surface area contributed by atoms with Crippen LogP contribution in [0.15, 0.2) is 0 Å². The monoisotopic (exact) mass is 241 g/mol. The van der Waals surface area contributed by atoms with Crippen molar-refractivity contribution in [2.24, 2.45) is 11.8 Å². The van der Waals surface area contributed by atoms with E-state index in [-0.39, 0.29) is 17.9 Å². The molecule has 0 aromatic carbocycles. The van der Waals surface area contributed by atoms with Gasteiger partial charge in [0.25, 0.3) is 0 Å². The van der Waals surface area contributed by atoms with Crippen LogP contribution in [-0.4, -0.2) is 36.2 Å². The molecule has 1 saturated carbocycles. The number of hydrogen-bond donors (Lipinski definition) is 2. The van der Waals surface area contributed by atoms with Gasteiger partial charge < -0.3 is 15.2 Å². The smallest absolute Gasteiger partial charge is 0.307 e. The molecule has 1 saturated heterocycles. The van der Waals surface area contributed by atoms with E-state index >= 15 is 0 Å². The first kappa shape index (κ1) is 12.4. The normalized spacial score (nSPS) is 31.9. The third-order valence-electron chi connectivity index (χ3n) is 3.48. The summed E-state index contributed by atoms with van der Waals surface area (Å²) in [5, 5.41) is 11.5. The quantitative estimate of drug-likeness (QED) is 0.746. The van der Waals surface area contributed by atoms with Gasteiger partial charge in [0.15, 0.2) is 0 Å². The van der Waals surface area contributed by atoms with E-state index in [1.165, 1.54) is 6.42 Å². The Morgan fingerprint density at radius 2 is 2.12 bits per heavy atom. The Morgan fingerprint density at radius 1 is 1.29 bits per heavy atom. The fraction of sp³-hybridized carbons (Fsp3) is 0.833. The molecule has 5 nitrogen and oxygen atoms in total. The van der Waals surface area contributed by atoms with Gasteiger partial charge >= 0.3 is 5.97 Å². The standard InChI is InChI=1S/C12H19NO4/c14-11(9-7-10(9)12(15)16)13-5-4-8-3-1-2-6-17-8/h8-10H,1-7H2,(H,13,14)(H,15,16)/t8?,9-,10+/m1/s1. The van der Waals surface area contributed by atoms with Crippen LogP contribution in [0.25, 0.3) is 0 Å². The van der Waals surface area contributed by atoms with E-state index in [1.54, 1.807) is 0 Å². The summed E-state index contributed by atoms with van der Waals surface area (Å²) in [4.78, 5) is 22.1. The van der Waals surface area contributed by atoms with Crippen molar-refractivity contribution in [1.82, 2.24) is 5.32 Å². The molecule has 0 bridgehead atoms. The summed E-state index contributed by atoms with van der Waals surface area (Å²) in [5.74, 6) is -1.74. The molecule has 17 heavy (non-hydrogen) atoms. The number of amides is 1. The minimum Gasteiger partial charge on any atom is -0.481 e. The topological polar surface area (TPSA) is 75.6 Å². The summed E-state index contributed by atoms with van der Waals surface area (Å²) in [6.45, 7) is 1.41. The second-order valence-electron chi connectivity index (χ2n) is 4.86. The van der Waals surface area contributed by atoms with Gasteiger partial charge in [0.05, 0.1) is 17.9 Å². The summed E-state index contributed by atoms with van der Waals surface area (Å²) in [6.07, 6.45) is 4.97. The maximum Gasteiger partial charge on any atom is 0.307 e. The number of rotatable bonds is 5. The number of carbonyl (C=O) groups excluding carboxylic acids is 1. The third kappa shape index (κ3) is 3.43. The van der Waals surface area contributed by atoms with Crippen LogP contribution in [0, 0.1) is 11.8 Å². The average molecular weight is 241 g/mol. The number of carboxylic acid groups (broad SMARTS) is 1. The molecule has 0 spiro atoms. The lowest BCUT2D eigenvalue weighted by Gasteiger charge is -2.22. The molecule has 0 aromatic heterocycles. The molecule has 2 rings (SSSR count). The van der Waals surface area contributed by atoms with E-state index in [2.05, 4.69) is 5.32 Å². The molecule has 2 aliphatic rings. The molecule has 5 heteroatoms. The highest BCUT2D eigenvalue weighted by Gasteiger charge is 2.48. The second kappa shape index (κ2) is 5.49. The Bertz CT molecular complexity index is 299. The predicted molar refractivity (Wildman–Crippen MR) is 60.5 cm³/mol. The van der Waals surface area contributed by atoms with Gasteiger partial charge in [0, 0.05) is 13.2 Å². The molecule has 0 radical (unpaired) electrons. The fourth-order valence-corrected chi connectivity index (χ4v) is 2.28. The molecule has 1 amide bonds. The van der Waals surface area contributed by atoms with Crippen LogP contribution in [0.4, 0.5) is 0 Å². The van der Waals surface area contributed by atoms with Crippen molar-refractivity contribution < 1.29 is 19.4 Å². The largest absolute Gasteiger partial charge is 0.481 e. The number of ether oxygens (including phenoxy) is 1. The van der Waals surface area contributed by atoms with Crippen molar-refractivity contribution in [3.63, 3.8) is 0 Å². The summed E-state index contributed by atoms with van der Waals surface area (Å²) in [6, 6.07) is 0. The van der Waals surface area contributed by atoms with E-state index in [1.807, 2.05) is 0 Å². The third-order valence-corrected chi connectivity index (χ3v) is 3.48. The van der Waals surface area contributed by atoms with Crippen LogP contribution in [0.3, 0.4) is 0 Å². The predicted octanol–water partition coefficient (Wildman–Crippen LogP) is 0.782. The van der Waals surface area contributed by atoms with E-state index in [4.69, 9.17) is 9.84 Å². The highest BCUT2D eigenvalue weighted by atomic mass is 16.5. The molecule has 2 fully saturated rings. The molecule has 1 aliphatic carbocycles. The zero-order chi connectivity index (χ0) is 12.3. The number of hydrogen-bond acceptors (Lipinski definition) is 3. The van der Waals surface area contributed by atoms with Crippen LogP contribution in [-0.2, 0) is 14.3 Å². The fourth-order valence-electron chi connectivity index (χ4n) is 2.28. The van der Waals surface area contributed by atoms with Crippen LogP contribution >= 0.6 is 0 Å². The maximum absolute atomic E-state index is 11.5. The van der Waals surface area contributed by atoms with Crippen molar-refractivity contribution in [1.29, 1.82) is 0 Å². The van der Waals surface area contributed by atoms with Crippen molar-refractivity contribution in [3.8, 4) is 0 Å². The van der Waals surface area contributed by atoms with E-state index < -0.39 is 11.9 Å². The van der Waals surface area contributed by atoms with Crippen LogP contribution in [0.1, 0.15) is 32.1 Å².